The molecule has 23 heavy (non-hydrogen) atoms. The Hall–Kier alpha value is -1.02. The topological polar surface area (TPSA) is 9.23 Å². The van der Waals surface area contributed by atoms with Gasteiger partial charge in [0.2, 0.25) is 8.32 Å². The predicted molar refractivity (Wildman–Crippen MR) is 99.6 cm³/mol. The van der Waals surface area contributed by atoms with Crippen molar-refractivity contribution in [2.45, 2.75) is 64.6 Å². The van der Waals surface area contributed by atoms with Crippen LogP contribution in [0.25, 0.3) is 0 Å². The molecule has 0 aliphatic heterocycles. The van der Waals surface area contributed by atoms with E-state index in [-0.39, 0.29) is 0 Å². The van der Waals surface area contributed by atoms with Gasteiger partial charge in [0, 0.05) is 0 Å². The Morgan fingerprint density at radius 3 is 2.78 bits per heavy atom. The maximum atomic E-state index is 6.22. The number of fused-ring (bicyclic) bond motifs is 5. The molecule has 0 radical (unpaired) electrons. The summed E-state index contributed by atoms with van der Waals surface area (Å²) in [4.78, 5) is 0. The summed E-state index contributed by atoms with van der Waals surface area (Å²) in [5.74, 6) is 3.66. The lowest BCUT2D eigenvalue weighted by Gasteiger charge is -2.49. The maximum absolute atomic E-state index is 6.22. The molecular formula is C21H30OSi. The number of allylic oxidation sites excluding steroid dienone is 2. The first kappa shape index (κ1) is 15.5. The molecule has 1 aromatic rings. The summed E-state index contributed by atoms with van der Waals surface area (Å²) in [5.41, 5.74) is 3.69. The molecule has 2 heteroatoms. The summed E-state index contributed by atoms with van der Waals surface area (Å²) in [6.07, 6.45) is 11.6. The van der Waals surface area contributed by atoms with Gasteiger partial charge in [-0.05, 0) is 98.2 Å². The van der Waals surface area contributed by atoms with Crippen LogP contribution in [0.2, 0.25) is 19.6 Å². The van der Waals surface area contributed by atoms with Crippen LogP contribution in [-0.2, 0) is 6.42 Å². The van der Waals surface area contributed by atoms with Crippen LogP contribution in [0.1, 0.15) is 49.7 Å². The highest BCUT2D eigenvalue weighted by atomic mass is 28.4. The van der Waals surface area contributed by atoms with Gasteiger partial charge in [-0.3, -0.25) is 0 Å². The van der Waals surface area contributed by atoms with Crippen molar-refractivity contribution < 1.29 is 4.43 Å². The van der Waals surface area contributed by atoms with Crippen LogP contribution in [-0.4, -0.2) is 8.32 Å². The minimum atomic E-state index is -1.51. The van der Waals surface area contributed by atoms with Gasteiger partial charge in [0.15, 0.2) is 0 Å². The first-order chi connectivity index (χ1) is 10.9. The molecule has 0 saturated heterocycles. The number of benzene rings is 1. The van der Waals surface area contributed by atoms with Crippen molar-refractivity contribution in [2.24, 2.45) is 17.3 Å². The molecule has 1 saturated carbocycles. The molecule has 3 aliphatic rings. The van der Waals surface area contributed by atoms with Crippen molar-refractivity contribution in [3.63, 3.8) is 0 Å². The lowest BCUT2D eigenvalue weighted by molar-refractivity contribution is 0.0826. The summed E-state index contributed by atoms with van der Waals surface area (Å²) in [7, 11) is -1.51. The van der Waals surface area contributed by atoms with Gasteiger partial charge in [0.1, 0.15) is 5.75 Å². The van der Waals surface area contributed by atoms with Gasteiger partial charge >= 0.3 is 0 Å². The molecular weight excluding hydrogens is 296 g/mol. The Morgan fingerprint density at radius 1 is 1.17 bits per heavy atom. The number of aryl methyl sites for hydroxylation is 1. The molecule has 1 fully saturated rings. The second-order valence-corrected chi connectivity index (χ2v) is 13.6. The monoisotopic (exact) mass is 326 g/mol. The first-order valence-electron chi connectivity index (χ1n) is 9.35. The molecule has 4 atom stereocenters. The summed E-state index contributed by atoms with van der Waals surface area (Å²) in [5, 5.41) is 0. The van der Waals surface area contributed by atoms with E-state index in [0.29, 0.717) is 5.41 Å². The lowest BCUT2D eigenvalue weighted by atomic mass is 9.56. The van der Waals surface area contributed by atoms with Crippen molar-refractivity contribution in [2.75, 3.05) is 0 Å². The molecule has 0 aromatic heterocycles. The molecule has 0 N–H and O–H groups in total. The van der Waals surface area contributed by atoms with Gasteiger partial charge in [-0.25, -0.2) is 0 Å². The summed E-state index contributed by atoms with van der Waals surface area (Å²) < 4.78 is 6.22. The van der Waals surface area contributed by atoms with Gasteiger partial charge in [0.25, 0.3) is 0 Å². The summed E-state index contributed by atoms with van der Waals surface area (Å²) in [6, 6.07) is 6.98. The zero-order valence-corrected chi connectivity index (χ0v) is 16.1. The fraction of sp³-hybridized carbons (Fsp3) is 0.619. The highest BCUT2D eigenvalue weighted by Gasteiger charge is 2.48. The third-order valence-corrected chi connectivity index (χ3v) is 7.30. The molecule has 0 spiro atoms. The average Bonchev–Trinajstić information content (AvgIpc) is 2.86. The van der Waals surface area contributed by atoms with Gasteiger partial charge in [-0.15, -0.1) is 0 Å². The Bertz CT molecular complexity index is 642. The fourth-order valence-corrected chi connectivity index (χ4v) is 6.29. The van der Waals surface area contributed by atoms with Crippen LogP contribution in [0, 0.1) is 17.3 Å². The van der Waals surface area contributed by atoms with E-state index >= 15 is 0 Å². The van der Waals surface area contributed by atoms with Crippen molar-refractivity contribution in [3.05, 3.63) is 41.5 Å². The summed E-state index contributed by atoms with van der Waals surface area (Å²) >= 11 is 0. The standard InChI is InChI=1S/C21H30OSi/c1-21-12-5-6-20(21)19-9-7-15-14-16(22-23(2,3)4)8-10-17(15)18(19)11-13-21/h5,8,10,12,14,18-20H,6-7,9,11,13H2,1-4H3/t18?,19?,20?,21-/m0/s1. The Labute approximate surface area is 142 Å². The van der Waals surface area contributed by atoms with E-state index in [1.165, 1.54) is 32.1 Å². The molecule has 4 rings (SSSR count). The third-order valence-electron chi connectivity index (χ3n) is 6.45. The van der Waals surface area contributed by atoms with E-state index in [1.807, 2.05) is 0 Å². The largest absolute Gasteiger partial charge is 0.544 e. The second kappa shape index (κ2) is 5.24. The minimum Gasteiger partial charge on any atom is -0.544 e. The third kappa shape index (κ3) is 2.69. The van der Waals surface area contributed by atoms with Crippen molar-refractivity contribution in [1.29, 1.82) is 0 Å². The molecule has 3 unspecified atom stereocenters. The van der Waals surface area contributed by atoms with Crippen molar-refractivity contribution >= 4 is 8.32 Å². The fourth-order valence-electron chi connectivity index (χ4n) is 5.46. The maximum Gasteiger partial charge on any atom is 0.242 e. The number of hydrogen-bond acceptors (Lipinski definition) is 1. The van der Waals surface area contributed by atoms with Crippen LogP contribution >= 0.6 is 0 Å². The number of rotatable bonds is 2. The Morgan fingerprint density at radius 2 is 2.00 bits per heavy atom. The lowest BCUT2D eigenvalue weighted by Crippen LogP contribution is -2.39. The van der Waals surface area contributed by atoms with Crippen LogP contribution in [0.15, 0.2) is 30.4 Å². The predicted octanol–water partition coefficient (Wildman–Crippen LogP) is 5.92. The van der Waals surface area contributed by atoms with E-state index in [0.717, 1.165) is 23.5 Å². The SMILES string of the molecule is C[C@@]12C=CCC1C1CCc3cc(O[Si](C)(C)C)ccc3C1CC2. The first-order valence-corrected chi connectivity index (χ1v) is 12.8. The quantitative estimate of drug-likeness (QED) is 0.484. The zero-order valence-electron chi connectivity index (χ0n) is 15.1. The zero-order chi connectivity index (χ0) is 16.2. The summed E-state index contributed by atoms with van der Waals surface area (Å²) in [6.45, 7) is 9.28. The highest BCUT2D eigenvalue weighted by molar-refractivity contribution is 6.70. The van der Waals surface area contributed by atoms with Crippen LogP contribution in [0.3, 0.4) is 0 Å². The number of hydrogen-bond donors (Lipinski definition) is 0. The molecule has 0 bridgehead atoms. The highest BCUT2D eigenvalue weighted by Crippen LogP contribution is 2.58. The van der Waals surface area contributed by atoms with Crippen LogP contribution in [0.5, 0.6) is 5.75 Å². The smallest absolute Gasteiger partial charge is 0.242 e. The van der Waals surface area contributed by atoms with Gasteiger partial charge < -0.3 is 4.43 Å². The van der Waals surface area contributed by atoms with E-state index in [9.17, 15) is 0 Å². The Balaban J connectivity index is 1.62. The van der Waals surface area contributed by atoms with Gasteiger partial charge in [-0.1, -0.05) is 25.1 Å². The van der Waals surface area contributed by atoms with Crippen LogP contribution < -0.4 is 4.43 Å². The van der Waals surface area contributed by atoms with Gasteiger partial charge in [0.05, 0.1) is 0 Å². The van der Waals surface area contributed by atoms with Crippen LogP contribution in [0.4, 0.5) is 0 Å². The molecule has 0 heterocycles. The molecule has 1 nitrogen and oxygen atoms in total. The van der Waals surface area contributed by atoms with E-state index in [2.05, 4.69) is 56.9 Å². The Kier molecular flexibility index (Phi) is 3.53. The normalized spacial score (nSPS) is 35.4. The molecule has 3 aliphatic carbocycles. The van der Waals surface area contributed by atoms with E-state index in [4.69, 9.17) is 4.43 Å². The van der Waals surface area contributed by atoms with Gasteiger partial charge in [-0.2, -0.15) is 0 Å². The van der Waals surface area contributed by atoms with E-state index in [1.54, 1.807) is 11.1 Å². The average molecular weight is 327 g/mol. The molecule has 0 amide bonds. The van der Waals surface area contributed by atoms with E-state index < -0.39 is 8.32 Å². The molecule has 1 aromatic carbocycles. The van der Waals surface area contributed by atoms with Crippen molar-refractivity contribution in [1.82, 2.24) is 0 Å². The second-order valence-electron chi connectivity index (χ2n) is 9.17. The minimum absolute atomic E-state index is 0.486. The van der Waals surface area contributed by atoms with Crippen molar-refractivity contribution in [3.8, 4) is 5.75 Å². The molecule has 124 valence electrons.